The van der Waals surface area contributed by atoms with Gasteiger partial charge in [-0.15, -0.1) is 0 Å². The van der Waals surface area contributed by atoms with Crippen LogP contribution < -0.4 is 5.73 Å². The Bertz CT molecular complexity index is 983. The van der Waals surface area contributed by atoms with Crippen molar-refractivity contribution in [3.63, 3.8) is 0 Å². The normalized spacial score (nSPS) is 11.0. The zero-order valence-electron chi connectivity index (χ0n) is 11.9. The van der Waals surface area contributed by atoms with Crippen molar-refractivity contribution in [2.45, 2.75) is 0 Å². The quantitative estimate of drug-likeness (QED) is 0.538. The Balaban J connectivity index is 1.91. The molecular formula is C16H12N6O. The fourth-order valence-electron chi connectivity index (χ4n) is 2.58. The molecule has 0 bridgehead atoms. The molecule has 7 nitrogen and oxygen atoms in total. The number of benzene rings is 1. The monoisotopic (exact) mass is 304 g/mol. The molecule has 0 fully saturated rings. The highest BCUT2D eigenvalue weighted by atomic mass is 16.1. The van der Waals surface area contributed by atoms with E-state index < -0.39 is 5.91 Å². The van der Waals surface area contributed by atoms with Gasteiger partial charge in [0.1, 0.15) is 5.69 Å². The Morgan fingerprint density at radius 3 is 2.78 bits per heavy atom. The van der Waals surface area contributed by atoms with E-state index in [1.54, 1.807) is 30.7 Å². The highest BCUT2D eigenvalue weighted by Gasteiger charge is 2.17. The van der Waals surface area contributed by atoms with Crippen molar-refractivity contribution in [3.8, 4) is 22.6 Å². The molecule has 0 aliphatic rings. The lowest BCUT2D eigenvalue weighted by Gasteiger charge is -2.05. The molecule has 4 rings (SSSR count). The maximum Gasteiger partial charge on any atom is 0.249 e. The fraction of sp³-hybridized carbons (Fsp3) is 0. The number of imidazole rings is 1. The first kappa shape index (κ1) is 13.2. The van der Waals surface area contributed by atoms with Gasteiger partial charge in [-0.3, -0.25) is 14.9 Å². The molecule has 4 N–H and O–H groups in total. The lowest BCUT2D eigenvalue weighted by atomic mass is 9.99. The van der Waals surface area contributed by atoms with Crippen molar-refractivity contribution < 1.29 is 4.79 Å². The molecule has 0 unspecified atom stereocenters. The minimum atomic E-state index is -0.485. The van der Waals surface area contributed by atoms with Crippen molar-refractivity contribution in [1.82, 2.24) is 25.1 Å². The minimum Gasteiger partial charge on any atom is -0.366 e. The van der Waals surface area contributed by atoms with Crippen molar-refractivity contribution in [3.05, 3.63) is 54.5 Å². The highest BCUT2D eigenvalue weighted by Crippen LogP contribution is 2.31. The van der Waals surface area contributed by atoms with Gasteiger partial charge in [0.25, 0.3) is 0 Å². The average molecular weight is 304 g/mol. The molecule has 0 saturated carbocycles. The average Bonchev–Trinajstić information content (AvgIpc) is 3.21. The number of fused-ring (bicyclic) bond motifs is 1. The first-order valence-corrected chi connectivity index (χ1v) is 6.96. The molecule has 0 atom stereocenters. The molecular weight excluding hydrogens is 292 g/mol. The number of primary amides is 1. The summed E-state index contributed by atoms with van der Waals surface area (Å²) in [7, 11) is 0. The van der Waals surface area contributed by atoms with E-state index in [0.29, 0.717) is 22.6 Å². The van der Waals surface area contributed by atoms with Crippen LogP contribution in [0.25, 0.3) is 33.7 Å². The number of rotatable bonds is 3. The molecule has 0 saturated heterocycles. The van der Waals surface area contributed by atoms with E-state index in [4.69, 9.17) is 5.73 Å². The second-order valence-electron chi connectivity index (χ2n) is 5.05. The summed E-state index contributed by atoms with van der Waals surface area (Å²) >= 11 is 0. The third-order valence-corrected chi connectivity index (χ3v) is 3.64. The van der Waals surface area contributed by atoms with E-state index in [2.05, 4.69) is 25.1 Å². The smallest absolute Gasteiger partial charge is 0.249 e. The first-order valence-electron chi connectivity index (χ1n) is 6.96. The number of nitrogens with two attached hydrogens (primary N) is 1. The van der Waals surface area contributed by atoms with Gasteiger partial charge >= 0.3 is 0 Å². The van der Waals surface area contributed by atoms with Gasteiger partial charge in [0.15, 0.2) is 5.82 Å². The van der Waals surface area contributed by atoms with Crippen LogP contribution in [0.3, 0.4) is 0 Å². The number of aromatic nitrogens is 5. The summed E-state index contributed by atoms with van der Waals surface area (Å²) in [6, 6.07) is 8.97. The largest absolute Gasteiger partial charge is 0.366 e. The summed E-state index contributed by atoms with van der Waals surface area (Å²) in [6.45, 7) is 0. The van der Waals surface area contributed by atoms with Crippen LogP contribution in [0.4, 0.5) is 0 Å². The molecule has 0 radical (unpaired) electrons. The van der Waals surface area contributed by atoms with Crippen LogP contribution in [-0.2, 0) is 0 Å². The van der Waals surface area contributed by atoms with Crippen molar-refractivity contribution >= 4 is 16.9 Å². The lowest BCUT2D eigenvalue weighted by molar-refractivity contribution is 0.100. The number of nitrogens with one attached hydrogen (secondary N) is 2. The first-order chi connectivity index (χ1) is 11.2. The number of pyridine rings is 1. The van der Waals surface area contributed by atoms with E-state index in [0.717, 1.165) is 16.6 Å². The molecule has 4 aromatic rings. The SMILES string of the molecule is NC(=O)c1ccccc1-c1cn[nH]c1-c1nc2ccncc2[nH]1. The Kier molecular flexibility index (Phi) is 2.90. The number of carbonyl (C=O) groups excluding carboxylic acids is 1. The molecule has 3 heterocycles. The molecule has 23 heavy (non-hydrogen) atoms. The number of carbonyl (C=O) groups is 1. The summed E-state index contributed by atoms with van der Waals surface area (Å²) in [4.78, 5) is 23.5. The van der Waals surface area contributed by atoms with Crippen LogP contribution in [0.15, 0.2) is 48.9 Å². The number of hydrogen-bond donors (Lipinski definition) is 3. The van der Waals surface area contributed by atoms with Crippen molar-refractivity contribution in [2.75, 3.05) is 0 Å². The van der Waals surface area contributed by atoms with Gasteiger partial charge < -0.3 is 10.7 Å². The maximum atomic E-state index is 11.7. The zero-order valence-corrected chi connectivity index (χ0v) is 11.9. The molecule has 1 aromatic carbocycles. The van der Waals surface area contributed by atoms with Crippen LogP contribution in [-0.4, -0.2) is 31.1 Å². The predicted molar refractivity (Wildman–Crippen MR) is 85.4 cm³/mol. The van der Waals surface area contributed by atoms with Gasteiger partial charge in [-0.25, -0.2) is 4.98 Å². The molecule has 112 valence electrons. The van der Waals surface area contributed by atoms with Crippen LogP contribution in [0.2, 0.25) is 0 Å². The number of hydrogen-bond acceptors (Lipinski definition) is 4. The van der Waals surface area contributed by atoms with Crippen molar-refractivity contribution in [2.24, 2.45) is 5.73 Å². The van der Waals surface area contributed by atoms with Crippen molar-refractivity contribution in [1.29, 1.82) is 0 Å². The number of H-pyrrole nitrogens is 2. The molecule has 1 amide bonds. The lowest BCUT2D eigenvalue weighted by Crippen LogP contribution is -2.12. The second-order valence-corrected chi connectivity index (χ2v) is 5.05. The summed E-state index contributed by atoms with van der Waals surface area (Å²) in [5.41, 5.74) is 9.69. The second kappa shape index (κ2) is 5.06. The van der Waals surface area contributed by atoms with Crippen LogP contribution in [0.1, 0.15) is 10.4 Å². The standard InChI is InChI=1S/C16H12N6O/c17-15(23)10-4-2-1-3-9(10)11-7-19-22-14(11)16-20-12-5-6-18-8-13(12)21-16/h1-8H,(H2,17,23)(H,19,22)(H,20,21). The topological polar surface area (TPSA) is 113 Å². The maximum absolute atomic E-state index is 11.7. The molecule has 0 spiro atoms. The highest BCUT2D eigenvalue weighted by molar-refractivity contribution is 6.01. The third kappa shape index (κ3) is 2.15. The van der Waals surface area contributed by atoms with E-state index in [1.165, 1.54) is 0 Å². The number of amides is 1. The number of aromatic amines is 2. The van der Waals surface area contributed by atoms with Crippen LogP contribution in [0.5, 0.6) is 0 Å². The van der Waals surface area contributed by atoms with E-state index in [-0.39, 0.29) is 0 Å². The van der Waals surface area contributed by atoms with E-state index in [9.17, 15) is 4.79 Å². The third-order valence-electron chi connectivity index (χ3n) is 3.64. The molecule has 7 heteroatoms. The van der Waals surface area contributed by atoms with Gasteiger partial charge in [0, 0.05) is 17.3 Å². The summed E-state index contributed by atoms with van der Waals surface area (Å²) in [6.07, 6.45) is 5.05. The van der Waals surface area contributed by atoms with Gasteiger partial charge in [-0.05, 0) is 17.7 Å². The Hall–Kier alpha value is -3.48. The summed E-state index contributed by atoms with van der Waals surface area (Å²) in [5.74, 6) is 0.140. The molecule has 3 aromatic heterocycles. The zero-order chi connectivity index (χ0) is 15.8. The summed E-state index contributed by atoms with van der Waals surface area (Å²) < 4.78 is 0. The van der Waals surface area contributed by atoms with Gasteiger partial charge in [-0.1, -0.05) is 18.2 Å². The summed E-state index contributed by atoms with van der Waals surface area (Å²) in [5, 5.41) is 7.02. The van der Waals surface area contributed by atoms with Gasteiger partial charge in [0.2, 0.25) is 5.91 Å². The predicted octanol–water partition coefficient (Wildman–Crippen LogP) is 2.11. The Labute approximate surface area is 130 Å². The molecule has 0 aliphatic heterocycles. The van der Waals surface area contributed by atoms with Crippen LogP contribution >= 0.6 is 0 Å². The van der Waals surface area contributed by atoms with E-state index >= 15 is 0 Å². The fourth-order valence-corrected chi connectivity index (χ4v) is 2.58. The molecule has 0 aliphatic carbocycles. The Morgan fingerprint density at radius 1 is 1.09 bits per heavy atom. The Morgan fingerprint density at radius 2 is 1.96 bits per heavy atom. The van der Waals surface area contributed by atoms with Gasteiger partial charge in [-0.2, -0.15) is 5.10 Å². The van der Waals surface area contributed by atoms with E-state index in [1.807, 2.05) is 18.2 Å². The minimum absolute atomic E-state index is 0.438. The number of nitrogens with zero attached hydrogens (tertiary/aromatic N) is 3. The van der Waals surface area contributed by atoms with Crippen LogP contribution in [0, 0.1) is 0 Å². The van der Waals surface area contributed by atoms with Gasteiger partial charge in [0.05, 0.1) is 23.4 Å².